The van der Waals surface area contributed by atoms with Gasteiger partial charge < -0.3 is 66.7 Å². The molecular weight excluding hydrogens is 814 g/mol. The number of nitrogens with one attached hydrogen (secondary N) is 4. The van der Waals surface area contributed by atoms with Crippen LogP contribution in [0.3, 0.4) is 0 Å². The van der Waals surface area contributed by atoms with Crippen LogP contribution in [0.5, 0.6) is 0 Å². The molecule has 0 aliphatic carbocycles. The third-order valence-corrected chi connectivity index (χ3v) is 8.03. The molecule has 0 saturated carbocycles. The van der Waals surface area contributed by atoms with Crippen LogP contribution in [0.25, 0.3) is 0 Å². The van der Waals surface area contributed by atoms with Crippen molar-refractivity contribution in [1.29, 1.82) is 0 Å². The van der Waals surface area contributed by atoms with Crippen LogP contribution in [0, 0.1) is 5.92 Å². The maximum atomic E-state index is 13.8. The summed E-state index contributed by atoms with van der Waals surface area (Å²) in [7, 11) is 1.19. The fourth-order valence-corrected chi connectivity index (χ4v) is 5.13. The summed E-state index contributed by atoms with van der Waals surface area (Å²) < 4.78 is 15.4. The van der Waals surface area contributed by atoms with E-state index in [1.807, 2.05) is 0 Å². The van der Waals surface area contributed by atoms with Gasteiger partial charge in [0.25, 0.3) is 5.91 Å². The number of carbonyl (C=O) groups excluding carboxylic acids is 6. The number of hydrogen-bond donors (Lipinski definition) is 10. The molecule has 7 atom stereocenters. The predicted molar refractivity (Wildman–Crippen MR) is 232 cm³/mol. The number of rotatable bonds is 26. The molecule has 0 heterocycles. The van der Waals surface area contributed by atoms with Crippen LogP contribution >= 0.6 is 0 Å². The highest BCUT2D eigenvalue weighted by molar-refractivity contribution is 5.93. The number of Topliss-reactive ketones (excluding diaryl/α,β-unsaturated/α-hetero) is 1. The lowest BCUT2D eigenvalue weighted by molar-refractivity contribution is -0.166. The van der Waals surface area contributed by atoms with Crippen LogP contribution in [0.15, 0.2) is 0 Å². The Bertz CT molecular complexity index is 1300. The highest BCUT2D eigenvalue weighted by atomic mass is 16.6. The van der Waals surface area contributed by atoms with Crippen molar-refractivity contribution in [3.8, 4) is 0 Å². The molecule has 62 heavy (non-hydrogen) atoms. The van der Waals surface area contributed by atoms with E-state index in [-0.39, 0.29) is 51.6 Å². The van der Waals surface area contributed by atoms with Gasteiger partial charge in [-0.3, -0.25) is 14.4 Å². The molecule has 0 aromatic carbocycles. The number of ether oxygens (including phenoxy) is 3. The van der Waals surface area contributed by atoms with Crippen LogP contribution < -0.4 is 27.0 Å². The second kappa shape index (κ2) is 34.4. The minimum absolute atomic E-state index is 0.0145. The molecule has 0 spiro atoms. The predicted octanol–water partition coefficient (Wildman–Crippen LogP) is 2.58. The van der Waals surface area contributed by atoms with Gasteiger partial charge >= 0.3 is 24.1 Å². The molecule has 0 saturated heterocycles. The van der Waals surface area contributed by atoms with Gasteiger partial charge in [0.1, 0.15) is 29.5 Å². The van der Waals surface area contributed by atoms with E-state index in [9.17, 15) is 54.0 Å². The van der Waals surface area contributed by atoms with E-state index in [4.69, 9.17) is 25.1 Å². The summed E-state index contributed by atoms with van der Waals surface area (Å²) in [4.78, 5) is 87.9. The number of aliphatic hydroxyl groups excluding tert-OH is 4. The lowest BCUT2D eigenvalue weighted by atomic mass is 9.90. The van der Waals surface area contributed by atoms with Crippen molar-refractivity contribution in [1.82, 2.24) is 21.3 Å². The molecule has 0 fully saturated rings. The molecule has 20 heteroatoms. The van der Waals surface area contributed by atoms with Gasteiger partial charge in [0.05, 0.1) is 13.2 Å². The Morgan fingerprint density at radius 2 is 1.05 bits per heavy atom. The summed E-state index contributed by atoms with van der Waals surface area (Å²) in [5.41, 5.74) is 3.97. The van der Waals surface area contributed by atoms with Gasteiger partial charge in [0.2, 0.25) is 5.91 Å². The Labute approximate surface area is 368 Å². The highest BCUT2D eigenvalue weighted by Crippen LogP contribution is 2.19. The lowest BCUT2D eigenvalue weighted by Crippen LogP contribution is -2.52. The van der Waals surface area contributed by atoms with Crippen LogP contribution in [0.4, 0.5) is 9.59 Å². The summed E-state index contributed by atoms with van der Waals surface area (Å²) in [6.45, 7) is 19.0. The van der Waals surface area contributed by atoms with Crippen LogP contribution in [-0.4, -0.2) is 142 Å². The van der Waals surface area contributed by atoms with Crippen molar-refractivity contribution in [2.24, 2.45) is 11.7 Å². The molecule has 11 N–H and O–H groups in total. The first-order chi connectivity index (χ1) is 28.8. The molecule has 4 amide bonds. The molecule has 0 rings (SSSR count). The fraction of sp³-hybridized carbons (Fsp3) is 0.833. The molecular formula is C42H81N5O15. The molecule has 0 radical (unpaired) electrons. The van der Waals surface area contributed by atoms with Crippen LogP contribution in [0.1, 0.15) is 146 Å². The Morgan fingerprint density at radius 3 is 1.53 bits per heavy atom. The quantitative estimate of drug-likeness (QED) is 0.0339. The van der Waals surface area contributed by atoms with E-state index < -0.39 is 95.3 Å². The van der Waals surface area contributed by atoms with Crippen molar-refractivity contribution >= 4 is 41.7 Å². The Balaban J connectivity index is -0.00000545. The van der Waals surface area contributed by atoms with Crippen molar-refractivity contribution in [3.05, 3.63) is 0 Å². The second-order valence-electron chi connectivity index (χ2n) is 16.8. The number of hydrogen-bond acceptors (Lipinski definition) is 15. The minimum Gasteiger partial charge on any atom is -0.479 e. The number of esters is 1. The molecule has 0 aromatic heterocycles. The first kappa shape index (κ1) is 62.2. The number of aliphatic carboxylic acids is 1. The Morgan fingerprint density at radius 1 is 0.597 bits per heavy atom. The topological polar surface area (TPSA) is 322 Å². The summed E-state index contributed by atoms with van der Waals surface area (Å²) in [6, 6.07) is -2.16. The molecule has 0 aliphatic heterocycles. The number of methoxy groups -OCH3 is 1. The Hall–Kier alpha value is -4.11. The first-order valence-corrected chi connectivity index (χ1v) is 21.6. The van der Waals surface area contributed by atoms with Gasteiger partial charge in [-0.15, -0.1) is 0 Å². The normalized spacial score (nSPS) is 14.5. The first-order valence-electron chi connectivity index (χ1n) is 21.6. The maximum absolute atomic E-state index is 13.8. The SMILES string of the molecule is CCC.CCC.COC(=O)[C@H](CCCCN)NC(=O)[C@H](CCCCNC(=O)OC(C)(C)C)CC(=O)C(CCCCNC(=O)[C@@H](O)[C@H](O)[C@H](O)[C@@H](O)C(=O)O)NC(=O)OC(C)(C)C. The standard InChI is InChI=1S/C36H65N5O15.2C3H8/c1-35(2,3)55-33(52)39-19-12-9-14-21(29(47)40-23(32(51)54-7)16-8-11-17-37)20-24(42)22(41-34(53)56-36(4,5)6)15-10-13-18-38-30(48)27(45)25(43)26(44)28(46)31(49)50;2*1-3-2/h21-23,25-28,43-46H,8-20,37H2,1-7H3,(H,38,48)(H,39,52)(H,40,47)(H,41,53)(H,49,50);2*3H2,1-2H3/t21-,22?,23+,25-,26+,27+,28-;;/m1../s1. The van der Waals surface area contributed by atoms with Crippen molar-refractivity contribution in [3.63, 3.8) is 0 Å². The summed E-state index contributed by atoms with van der Waals surface area (Å²) in [5, 5.41) is 58.0. The molecule has 20 nitrogen and oxygen atoms in total. The van der Waals surface area contributed by atoms with Crippen LogP contribution in [0.2, 0.25) is 0 Å². The monoisotopic (exact) mass is 896 g/mol. The number of aliphatic hydroxyl groups is 4. The third kappa shape index (κ3) is 31.7. The van der Waals surface area contributed by atoms with E-state index in [2.05, 4.69) is 49.0 Å². The molecule has 0 aliphatic rings. The maximum Gasteiger partial charge on any atom is 0.408 e. The zero-order valence-electron chi connectivity index (χ0n) is 39.0. The molecule has 364 valence electrons. The minimum atomic E-state index is -2.46. The van der Waals surface area contributed by atoms with Crippen molar-refractivity contribution in [2.45, 2.75) is 194 Å². The highest BCUT2D eigenvalue weighted by Gasteiger charge is 2.37. The molecule has 1 unspecified atom stereocenters. The van der Waals surface area contributed by atoms with Crippen molar-refractivity contribution < 1.29 is 73.3 Å². The van der Waals surface area contributed by atoms with Crippen molar-refractivity contribution in [2.75, 3.05) is 26.7 Å². The number of carbonyl (C=O) groups is 7. The van der Waals surface area contributed by atoms with Gasteiger partial charge in [-0.05, 0) is 99.5 Å². The van der Waals surface area contributed by atoms with Gasteiger partial charge in [-0.2, -0.15) is 0 Å². The fourth-order valence-electron chi connectivity index (χ4n) is 5.13. The van der Waals surface area contributed by atoms with E-state index >= 15 is 0 Å². The van der Waals surface area contributed by atoms with Gasteiger partial charge in [-0.25, -0.2) is 19.2 Å². The molecule has 0 bridgehead atoms. The van der Waals surface area contributed by atoms with E-state index in [1.54, 1.807) is 41.5 Å². The second-order valence-corrected chi connectivity index (χ2v) is 16.8. The number of carboxylic acid groups (broad SMARTS) is 1. The van der Waals surface area contributed by atoms with E-state index in [0.29, 0.717) is 32.2 Å². The van der Waals surface area contributed by atoms with E-state index in [0.717, 1.165) is 0 Å². The van der Waals surface area contributed by atoms with Crippen LogP contribution in [-0.2, 0) is 38.2 Å². The number of alkyl carbamates (subject to hydrolysis) is 2. The van der Waals surface area contributed by atoms with Gasteiger partial charge in [0.15, 0.2) is 18.0 Å². The lowest BCUT2D eigenvalue weighted by Gasteiger charge is -2.25. The smallest absolute Gasteiger partial charge is 0.408 e. The summed E-state index contributed by atoms with van der Waals surface area (Å²) >= 11 is 0. The average molecular weight is 896 g/mol. The zero-order valence-corrected chi connectivity index (χ0v) is 39.0. The Kier molecular flexibility index (Phi) is 34.5. The zero-order chi connectivity index (χ0) is 48.6. The number of carboxylic acids is 1. The summed E-state index contributed by atoms with van der Waals surface area (Å²) in [5.74, 6) is -5.81. The number of nitrogens with two attached hydrogens (primary N) is 1. The number of amides is 4. The van der Waals surface area contributed by atoms with Gasteiger partial charge in [0, 0.05) is 25.4 Å². The van der Waals surface area contributed by atoms with Gasteiger partial charge in [-0.1, -0.05) is 47.0 Å². The number of ketones is 1. The average Bonchev–Trinajstić information content (AvgIpc) is 3.16. The third-order valence-electron chi connectivity index (χ3n) is 8.03. The summed E-state index contributed by atoms with van der Waals surface area (Å²) in [6.07, 6.45) is -6.05. The largest absolute Gasteiger partial charge is 0.479 e. The number of unbranched alkanes of at least 4 members (excludes halogenated alkanes) is 3. The molecule has 0 aromatic rings. The van der Waals surface area contributed by atoms with E-state index in [1.165, 1.54) is 20.0 Å².